The molecule has 0 atom stereocenters. The minimum Gasteiger partial charge on any atom is -0.496 e. The van der Waals surface area contributed by atoms with Crippen LogP contribution >= 0.6 is 0 Å². The Balaban J connectivity index is 2.49. The average molecular weight is 324 g/mol. The van der Waals surface area contributed by atoms with Crippen molar-refractivity contribution in [3.05, 3.63) is 63.3 Å². The Morgan fingerprint density at radius 1 is 1.29 bits per heavy atom. The number of amides is 1. The summed E-state index contributed by atoms with van der Waals surface area (Å²) in [6.07, 6.45) is 1.60. The normalized spacial score (nSPS) is 12.6. The van der Waals surface area contributed by atoms with Crippen LogP contribution < -0.4 is 15.3 Å². The van der Waals surface area contributed by atoms with Gasteiger partial charge in [-0.3, -0.25) is 4.79 Å². The zero-order valence-electron chi connectivity index (χ0n) is 13.1. The Morgan fingerprint density at radius 2 is 2.04 bits per heavy atom. The molecule has 0 aromatic heterocycles. The van der Waals surface area contributed by atoms with Crippen molar-refractivity contribution in [3.63, 3.8) is 0 Å². The van der Waals surface area contributed by atoms with Crippen LogP contribution in [0.15, 0.2) is 41.0 Å². The van der Waals surface area contributed by atoms with Gasteiger partial charge >= 0.3 is 0 Å². The molecule has 6 heteroatoms. The first kappa shape index (κ1) is 15.7. The molecule has 24 heavy (non-hydrogen) atoms. The van der Waals surface area contributed by atoms with Crippen LogP contribution in [0.2, 0.25) is 0 Å². The molecule has 0 spiro atoms. The highest BCUT2D eigenvalue weighted by Gasteiger charge is 2.22. The molecule has 0 saturated carbocycles. The Hall–Kier alpha value is -3.15. The molecule has 1 heterocycles. The molecule has 2 aromatic rings. The predicted molar refractivity (Wildman–Crippen MR) is 88.2 cm³/mol. The topological polar surface area (TPSA) is 68.1 Å². The van der Waals surface area contributed by atoms with Crippen molar-refractivity contribution in [2.75, 3.05) is 7.11 Å². The van der Waals surface area contributed by atoms with E-state index in [1.807, 2.05) is 0 Å². The molecule has 120 valence electrons. The van der Waals surface area contributed by atoms with Gasteiger partial charge in [0.1, 0.15) is 11.6 Å². The maximum absolute atomic E-state index is 13.8. The summed E-state index contributed by atoms with van der Waals surface area (Å²) >= 11 is 0. The van der Waals surface area contributed by atoms with Crippen molar-refractivity contribution < 1.29 is 13.9 Å². The molecular formula is C18H13FN2O3. The molecule has 1 aliphatic rings. The van der Waals surface area contributed by atoms with Gasteiger partial charge in [0.05, 0.1) is 12.5 Å². The minimum atomic E-state index is -0.679. The third-order valence-electron chi connectivity index (χ3n) is 4.01. The van der Waals surface area contributed by atoms with Crippen molar-refractivity contribution in [2.45, 2.75) is 6.92 Å². The summed E-state index contributed by atoms with van der Waals surface area (Å²) in [5.41, 5.74) is 2.17. The van der Waals surface area contributed by atoms with E-state index in [0.717, 1.165) is 0 Å². The number of carbonyl (C=O) groups excluding carboxylic acids is 1. The average Bonchev–Trinajstić information content (AvgIpc) is 2.90. The number of ether oxygens (including phenoxy) is 1. The molecule has 0 fully saturated rings. The molecule has 0 aliphatic carbocycles. The van der Waals surface area contributed by atoms with E-state index >= 15 is 0 Å². The standard InChI is InChI=1S/C18H13FN2O3/c1-4-11-9(2)16-14(17(21-23)18(22)20-16)8-12(11)13-7-10(19)5-6-15(13)24-3/h4-8H,1H2,2-3H3. The molecule has 0 radical (unpaired) electrons. The molecule has 0 N–H and O–H groups in total. The van der Waals surface area contributed by atoms with Crippen molar-refractivity contribution in [3.8, 4) is 16.9 Å². The summed E-state index contributed by atoms with van der Waals surface area (Å²) < 4.78 is 19.1. The number of rotatable bonds is 4. The second kappa shape index (κ2) is 5.81. The van der Waals surface area contributed by atoms with Crippen molar-refractivity contribution in [1.29, 1.82) is 0 Å². The van der Waals surface area contributed by atoms with Gasteiger partial charge in [-0.25, -0.2) is 9.38 Å². The number of hydrogen-bond donors (Lipinski definition) is 0. The zero-order chi connectivity index (χ0) is 17.4. The van der Waals surface area contributed by atoms with Crippen LogP contribution in [0.25, 0.3) is 22.9 Å². The van der Waals surface area contributed by atoms with E-state index in [4.69, 9.17) is 4.74 Å². The van der Waals surface area contributed by atoms with Crippen molar-refractivity contribution in [1.82, 2.24) is 0 Å². The monoisotopic (exact) mass is 324 g/mol. The van der Waals surface area contributed by atoms with E-state index in [-0.39, 0.29) is 5.70 Å². The van der Waals surface area contributed by atoms with Crippen LogP contribution in [0.4, 0.5) is 4.39 Å². The lowest BCUT2D eigenvalue weighted by Crippen LogP contribution is -2.27. The highest BCUT2D eigenvalue weighted by Crippen LogP contribution is 2.33. The van der Waals surface area contributed by atoms with Gasteiger partial charge in [-0.15, -0.1) is 4.91 Å². The maximum Gasteiger partial charge on any atom is 0.300 e. The van der Waals surface area contributed by atoms with Crippen LogP contribution in [0.1, 0.15) is 11.1 Å². The number of carbonyl (C=O) groups is 1. The fourth-order valence-electron chi connectivity index (χ4n) is 2.88. The largest absolute Gasteiger partial charge is 0.496 e. The number of hydrogen-bond acceptors (Lipinski definition) is 4. The highest BCUT2D eigenvalue weighted by atomic mass is 19.1. The van der Waals surface area contributed by atoms with Gasteiger partial charge < -0.3 is 4.74 Å². The Labute approximate surface area is 136 Å². The summed E-state index contributed by atoms with van der Waals surface area (Å²) in [7, 11) is 1.48. The second-order valence-corrected chi connectivity index (χ2v) is 5.26. The first-order chi connectivity index (χ1) is 11.5. The van der Waals surface area contributed by atoms with Gasteiger partial charge in [0.2, 0.25) is 0 Å². The highest BCUT2D eigenvalue weighted by molar-refractivity contribution is 6.15. The molecule has 5 nitrogen and oxygen atoms in total. The molecule has 0 bridgehead atoms. The third kappa shape index (κ3) is 2.23. The molecule has 2 aromatic carbocycles. The molecule has 1 aliphatic heterocycles. The van der Waals surface area contributed by atoms with Gasteiger partial charge in [-0.1, -0.05) is 12.7 Å². The third-order valence-corrected chi connectivity index (χ3v) is 4.01. The van der Waals surface area contributed by atoms with Crippen LogP contribution in [-0.4, -0.2) is 13.0 Å². The molecular weight excluding hydrogens is 311 g/mol. The summed E-state index contributed by atoms with van der Waals surface area (Å²) in [5.74, 6) is -0.653. The van der Waals surface area contributed by atoms with E-state index in [1.165, 1.54) is 25.3 Å². The van der Waals surface area contributed by atoms with Gasteiger partial charge in [-0.05, 0) is 53.1 Å². The number of fused-ring (bicyclic) bond motifs is 1. The van der Waals surface area contributed by atoms with Gasteiger partial charge in [0.15, 0.2) is 5.70 Å². The number of nitroso groups, excluding NO2 is 1. The lowest BCUT2D eigenvalue weighted by atomic mass is 9.93. The fraction of sp³-hybridized carbons (Fsp3) is 0.111. The number of methoxy groups -OCH3 is 1. The lowest BCUT2D eigenvalue weighted by molar-refractivity contribution is -0.112. The maximum atomic E-state index is 13.8. The van der Waals surface area contributed by atoms with Crippen LogP contribution in [0, 0.1) is 17.6 Å². The van der Waals surface area contributed by atoms with E-state index in [2.05, 4.69) is 16.7 Å². The van der Waals surface area contributed by atoms with E-state index in [0.29, 0.717) is 38.6 Å². The summed E-state index contributed by atoms with van der Waals surface area (Å²) in [5, 5.41) is 3.52. The second-order valence-electron chi connectivity index (χ2n) is 5.26. The molecule has 0 unspecified atom stereocenters. The summed E-state index contributed by atoms with van der Waals surface area (Å²) in [6.45, 7) is 5.55. The number of benzene rings is 2. The number of nitrogens with zero attached hydrogens (tertiary/aromatic N) is 2. The Kier molecular flexibility index (Phi) is 3.81. The summed E-state index contributed by atoms with van der Waals surface area (Å²) in [4.78, 5) is 26.7. The SMILES string of the molecule is C=Cc1c(-c2cc(F)ccc2OC)cc2c(c1C)=NC(=O)C=2N=O. The Morgan fingerprint density at radius 3 is 2.67 bits per heavy atom. The summed E-state index contributed by atoms with van der Waals surface area (Å²) in [6, 6.07) is 5.73. The quantitative estimate of drug-likeness (QED) is 0.812. The van der Waals surface area contributed by atoms with Gasteiger partial charge in [0.25, 0.3) is 5.91 Å². The first-order valence-electron chi connectivity index (χ1n) is 7.12. The van der Waals surface area contributed by atoms with Crippen LogP contribution in [0.3, 0.4) is 0 Å². The van der Waals surface area contributed by atoms with E-state index in [1.54, 1.807) is 19.1 Å². The number of halogens is 1. The smallest absolute Gasteiger partial charge is 0.300 e. The van der Waals surface area contributed by atoms with Crippen LogP contribution in [0.5, 0.6) is 5.75 Å². The van der Waals surface area contributed by atoms with Gasteiger partial charge in [0, 0.05) is 10.8 Å². The lowest BCUT2D eigenvalue weighted by Gasteiger charge is -2.13. The molecule has 0 saturated heterocycles. The first-order valence-corrected chi connectivity index (χ1v) is 7.12. The van der Waals surface area contributed by atoms with E-state index in [9.17, 15) is 14.1 Å². The molecule has 3 rings (SSSR count). The van der Waals surface area contributed by atoms with Crippen LogP contribution in [-0.2, 0) is 4.79 Å². The Bertz CT molecular complexity index is 1030. The molecule has 1 amide bonds. The van der Waals surface area contributed by atoms with Gasteiger partial charge in [-0.2, -0.15) is 0 Å². The minimum absolute atomic E-state index is 0.250. The van der Waals surface area contributed by atoms with Crippen molar-refractivity contribution >= 4 is 17.7 Å². The van der Waals surface area contributed by atoms with Crippen molar-refractivity contribution in [2.24, 2.45) is 10.2 Å². The van der Waals surface area contributed by atoms with E-state index < -0.39 is 11.7 Å². The zero-order valence-corrected chi connectivity index (χ0v) is 13.1. The predicted octanol–water partition coefficient (Wildman–Crippen LogP) is 2.49. The fourth-order valence-corrected chi connectivity index (χ4v) is 2.88.